The Hall–Kier alpha value is -13.3. The second kappa shape index (κ2) is 63.4. The van der Waals surface area contributed by atoms with Crippen molar-refractivity contribution in [2.45, 2.75) is 281 Å². The number of phenols is 1. The summed E-state index contributed by atoms with van der Waals surface area (Å²) in [7, 11) is 1.44. The first-order chi connectivity index (χ1) is 70.0. The van der Waals surface area contributed by atoms with E-state index in [1.54, 1.807) is 110 Å². The molecule has 33 N–H and O–H groups in total. The number of nitrogens with one attached hydrogen (secondary N) is 18. The summed E-state index contributed by atoms with van der Waals surface area (Å²) in [6.45, 7) is 14.6. The summed E-state index contributed by atoms with van der Waals surface area (Å²) in [4.78, 5) is 274. The van der Waals surface area contributed by atoms with Crippen molar-refractivity contribution < 1.29 is 127 Å². The van der Waals surface area contributed by atoms with Crippen LogP contribution in [0.25, 0.3) is 10.9 Å². The van der Waals surface area contributed by atoms with Gasteiger partial charge in [0.05, 0.1) is 31.9 Å². The predicted molar refractivity (Wildman–Crippen MR) is 548 cm³/mol. The number of para-hydroxylation sites is 1. The molecule has 0 saturated carbocycles. The molecule has 1 aliphatic heterocycles. The van der Waals surface area contributed by atoms with Crippen LogP contribution in [-0.4, -0.2) is 324 Å². The molecule has 2 heterocycles. The molecular weight excluding hydrogens is 1970 g/mol. The Balaban J connectivity index is 1.57. The average Bonchev–Trinajstić information content (AvgIpc) is 1.68. The third kappa shape index (κ3) is 41.8. The molecule has 1 aliphatic rings. The Morgan fingerprint density at radius 1 is 0.453 bits per heavy atom. The highest BCUT2D eigenvalue weighted by Gasteiger charge is 2.43. The van der Waals surface area contributed by atoms with Crippen molar-refractivity contribution in [3.05, 3.63) is 102 Å². The van der Waals surface area contributed by atoms with Gasteiger partial charge in [-0.15, -0.1) is 0 Å². The van der Waals surface area contributed by atoms with Crippen LogP contribution in [-0.2, 0) is 110 Å². The van der Waals surface area contributed by atoms with Gasteiger partial charge in [0, 0.05) is 61.0 Å². The largest absolute Gasteiger partial charge is 0.508 e. The van der Waals surface area contributed by atoms with Gasteiger partial charge in [0.15, 0.2) is 5.96 Å². The van der Waals surface area contributed by atoms with Gasteiger partial charge in [-0.05, 0) is 149 Å². The number of aromatic hydroxyl groups is 1. The van der Waals surface area contributed by atoms with Crippen LogP contribution in [0.1, 0.15) is 170 Å². The molecule has 148 heavy (non-hydrogen) atoms. The Labute approximate surface area is 865 Å². The molecule has 820 valence electrons. The van der Waals surface area contributed by atoms with Crippen molar-refractivity contribution in [1.29, 1.82) is 5.41 Å². The van der Waals surface area contributed by atoms with Crippen LogP contribution in [0.2, 0.25) is 0 Å². The molecule has 51 heteroatoms. The summed E-state index contributed by atoms with van der Waals surface area (Å²) in [5, 5.41) is 120. The Morgan fingerprint density at radius 3 is 1.41 bits per heavy atom. The number of carbonyl (C=O) groups excluding carboxylic acids is 16. The molecule has 0 bridgehead atoms. The molecular formula is C97H149N23O26S2. The molecule has 1 aromatic heterocycles. The number of fused-ring (bicyclic) bond motifs is 1. The number of rotatable bonds is 66. The van der Waals surface area contributed by atoms with E-state index in [4.69, 9.17) is 28.3 Å². The number of nitrogens with two attached hydrogens (primary N) is 4. The predicted octanol–water partition coefficient (Wildman–Crippen LogP) is -3.93. The van der Waals surface area contributed by atoms with E-state index in [9.17, 15) is 103 Å². The number of guanidine groups is 1. The zero-order chi connectivity index (χ0) is 110. The van der Waals surface area contributed by atoms with Crippen molar-refractivity contribution in [3.8, 4) is 5.75 Å². The average molecular weight is 2120 g/mol. The third-order valence-corrected chi connectivity index (χ3v) is 26.8. The van der Waals surface area contributed by atoms with Gasteiger partial charge in [0.25, 0.3) is 0 Å². The van der Waals surface area contributed by atoms with Crippen LogP contribution in [0, 0.1) is 35.0 Å². The topological polar surface area (TPSA) is 805 Å². The number of amides is 16. The molecule has 4 aromatic rings. The van der Waals surface area contributed by atoms with Gasteiger partial charge >= 0.3 is 17.9 Å². The lowest BCUT2D eigenvalue weighted by Crippen LogP contribution is -2.61. The first-order valence-electron chi connectivity index (χ1n) is 49.2. The van der Waals surface area contributed by atoms with Crippen molar-refractivity contribution in [1.82, 2.24) is 95.0 Å². The molecule has 5 rings (SSSR count). The van der Waals surface area contributed by atoms with Crippen LogP contribution >= 0.6 is 21.6 Å². The zero-order valence-corrected chi connectivity index (χ0v) is 86.7. The second-order valence-corrected chi connectivity index (χ2v) is 40.6. The molecule has 0 radical (unpaired) electrons. The number of aliphatic carboxylic acids is 3. The van der Waals surface area contributed by atoms with Gasteiger partial charge in [-0.25, -0.2) is 9.59 Å². The van der Waals surface area contributed by atoms with E-state index in [0.717, 1.165) is 26.5 Å². The minimum absolute atomic E-state index is 0.0696. The van der Waals surface area contributed by atoms with Gasteiger partial charge in [0.1, 0.15) is 102 Å². The van der Waals surface area contributed by atoms with Crippen LogP contribution in [0.15, 0.2) is 85.1 Å². The van der Waals surface area contributed by atoms with E-state index in [1.807, 2.05) is 0 Å². The number of carboxylic acids is 3. The van der Waals surface area contributed by atoms with Gasteiger partial charge in [-0.3, -0.25) is 86.9 Å². The summed E-state index contributed by atoms with van der Waals surface area (Å²) >= 11 is 0. The number of hydrogen-bond donors (Lipinski definition) is 29. The van der Waals surface area contributed by atoms with E-state index in [-0.39, 0.29) is 107 Å². The number of H-pyrrole nitrogens is 1. The lowest BCUT2D eigenvalue weighted by molar-refractivity contribution is -0.143. The molecule has 0 aliphatic carbocycles. The number of unbranched alkanes of at least 4 members (excludes halogenated alkanes) is 1. The van der Waals surface area contributed by atoms with Crippen LogP contribution in [0.3, 0.4) is 0 Å². The SMILES string of the molecule is CC[C@H](C)[C@H](N)C(=O)N[C@@H](CO)C(=O)N[C@@H](CC(C)C)C(=O)N[C@@H](Cc1ccccc1)C(=O)N[C@@H](CO)C(=O)N[C@@H](CSSC[C@H](NC(=O)[C@@H]1CCCN1C(=O)[C@H](CO)NC(=O)[C@@H](N)Cc1ccc(O)cc1)C(=O)N[C@@H](C)C(=O)N[C@@H](Cc1c[nH]c2ccccc12)C(=O)N[C@@H](CCC(=O)O)C(=O)N[C@H](C(=O)N[C@H](C(=O)N[C@@H](CCCNC(=N)N)C(=O)O)C(C)C)C(C)C)C(=O)N[C@@H](CC(C)C)C(=O)N[C@@H](CCCCN)C(=O)O. The van der Waals surface area contributed by atoms with Crippen LogP contribution in [0.4, 0.5) is 0 Å². The molecule has 49 nitrogen and oxygen atoms in total. The summed E-state index contributed by atoms with van der Waals surface area (Å²) in [6, 6.07) is -8.01. The zero-order valence-electron chi connectivity index (χ0n) is 85.1. The Bertz CT molecular complexity index is 5140. The molecule has 1 fully saturated rings. The Morgan fingerprint density at radius 2 is 0.885 bits per heavy atom. The number of aromatic nitrogens is 1. The van der Waals surface area contributed by atoms with Crippen LogP contribution in [0.5, 0.6) is 5.75 Å². The number of aliphatic hydroxyl groups excluding tert-OH is 3. The number of nitrogens with zero attached hydrogens (tertiary/aromatic N) is 1. The highest BCUT2D eigenvalue weighted by atomic mass is 33.1. The van der Waals surface area contributed by atoms with Crippen molar-refractivity contribution in [3.63, 3.8) is 0 Å². The standard InChI is InChI=1S/C97H149N23O26S2/c1-12-53(10)76(100)91(139)114-70(45-122)86(134)110-66(39-50(4)5)83(131)112-67(41-55-22-14-13-15-23-55)84(132)113-69(44-121)87(135)116-73(89(137)111-65(38-49(2)3)82(130)107-63(95(143)144)26-18-19-35-98)48-148-147-47-72(117-90(138)74-28-21-37-120(74)94(142)71(46-123)115-80(128)60(99)40-56-29-31-58(124)32-30-56)88(136)105-54(11)79(127)109-68(42-57-43-104-61-25-17-16-24-59(57)61)85(133)106-62(33-34-75(125)126)81(129)118-78(52(8)9)93(141)119-77(51(6)7)92(140)108-64(96(145)146)27-20-36-103-97(101)102/h13-17,22-25,29-32,43,49-54,60,62-74,76-78,104,121-124H,12,18-21,26-28,33-42,44-48,98-100H2,1-11H3,(H,105,136)(H,106,133)(H,107,130)(H,108,140)(H,109,127)(H,110,134)(H,111,137)(H,112,131)(H,113,132)(H,114,139)(H,115,128)(H,116,135)(H,117,138)(H,118,129)(H,119,141)(H,125,126)(H,143,144)(H,145,146)(H4,101,102,103)/t53-,54-,60-,62-,63-,64-,65-,66-,67-,68-,69-,70-,71-,72-,73-,74-,76-,77-,78-/m0/s1. The summed E-state index contributed by atoms with van der Waals surface area (Å²) in [5.74, 6) is -25.0. The van der Waals surface area contributed by atoms with E-state index in [0.29, 0.717) is 40.4 Å². The number of phenolic OH excluding ortho intramolecular Hbond substituents is 1. The highest BCUT2D eigenvalue weighted by Crippen LogP contribution is 2.27. The van der Waals surface area contributed by atoms with Crippen molar-refractivity contribution >= 4 is 151 Å². The fourth-order valence-electron chi connectivity index (χ4n) is 15.7. The number of hydrogen-bond acceptors (Lipinski definition) is 29. The first-order valence-corrected chi connectivity index (χ1v) is 51.7. The fourth-order valence-corrected chi connectivity index (χ4v) is 18.0. The van der Waals surface area contributed by atoms with Crippen LogP contribution < -0.4 is 108 Å². The number of aliphatic hydroxyl groups is 3. The number of likely N-dealkylation sites (tertiary alicyclic amines) is 1. The fraction of sp³-hybridized carbons (Fsp3) is 0.588. The lowest BCUT2D eigenvalue weighted by atomic mass is 9.98. The smallest absolute Gasteiger partial charge is 0.326 e. The summed E-state index contributed by atoms with van der Waals surface area (Å²) in [5.41, 5.74) is 25.3. The number of benzene rings is 3. The number of carboxylic acid groups (broad SMARTS) is 3. The maximum absolute atomic E-state index is 15.3. The van der Waals surface area contributed by atoms with Crippen molar-refractivity contribution in [2.24, 2.45) is 52.5 Å². The summed E-state index contributed by atoms with van der Waals surface area (Å²) < 4.78 is 0. The maximum atomic E-state index is 15.3. The normalized spacial score (nSPS) is 16.1. The third-order valence-electron chi connectivity index (χ3n) is 24.4. The highest BCUT2D eigenvalue weighted by molar-refractivity contribution is 8.76. The number of aromatic amines is 1. The van der Waals surface area contributed by atoms with E-state index < -0.39 is 290 Å². The van der Waals surface area contributed by atoms with Gasteiger partial charge in [-0.1, -0.05) is 158 Å². The molecule has 1 saturated heterocycles. The number of carbonyl (C=O) groups is 19. The van der Waals surface area contributed by atoms with Gasteiger partial charge < -0.3 is 154 Å². The van der Waals surface area contributed by atoms with Gasteiger partial charge in [-0.2, -0.15) is 0 Å². The molecule has 19 atom stereocenters. The minimum Gasteiger partial charge on any atom is -0.508 e. The van der Waals surface area contributed by atoms with E-state index in [2.05, 4.69) is 90.1 Å². The lowest BCUT2D eigenvalue weighted by Gasteiger charge is -2.30. The van der Waals surface area contributed by atoms with Gasteiger partial charge in [0.2, 0.25) is 94.5 Å². The molecule has 3 aromatic carbocycles. The van der Waals surface area contributed by atoms with E-state index in [1.165, 1.54) is 51.2 Å². The maximum Gasteiger partial charge on any atom is 0.326 e. The molecule has 16 amide bonds. The quantitative estimate of drug-likeness (QED) is 0.00869. The molecule has 0 spiro atoms. The van der Waals surface area contributed by atoms with Crippen molar-refractivity contribution in [2.75, 3.05) is 51.0 Å². The first kappa shape index (κ1) is 125. The summed E-state index contributed by atoms with van der Waals surface area (Å²) in [6.07, 6.45) is 0.231. The minimum atomic E-state index is -2.01. The molecule has 0 unspecified atom stereocenters. The monoisotopic (exact) mass is 2120 g/mol. The Kier molecular flexibility index (Phi) is 53.6. The van der Waals surface area contributed by atoms with E-state index >= 15 is 24.0 Å². The second-order valence-electron chi connectivity index (χ2n) is 38.0.